The second kappa shape index (κ2) is 11.4. The van der Waals surface area contributed by atoms with E-state index in [9.17, 15) is 18.4 Å². The molecule has 166 valence electrons. The number of benzene rings is 1. The molecule has 0 saturated carbocycles. The molecular formula is C22H32F2N4O2. The van der Waals surface area contributed by atoms with E-state index in [0.717, 1.165) is 38.1 Å². The van der Waals surface area contributed by atoms with Crippen LogP contribution in [0.3, 0.4) is 0 Å². The number of nitrogens with one attached hydrogen (secondary N) is 2. The third-order valence-electron chi connectivity index (χ3n) is 5.94. The maximum absolute atomic E-state index is 13.2. The monoisotopic (exact) mass is 422 g/mol. The Morgan fingerprint density at radius 2 is 1.60 bits per heavy atom. The number of carbonyl (C=O) groups is 2. The fourth-order valence-electron chi connectivity index (χ4n) is 4.23. The van der Waals surface area contributed by atoms with Crippen LogP contribution < -0.4 is 10.6 Å². The van der Waals surface area contributed by atoms with Gasteiger partial charge >= 0.3 is 0 Å². The molecular weight excluding hydrogens is 390 g/mol. The molecule has 0 spiro atoms. The normalized spacial score (nSPS) is 19.3. The van der Waals surface area contributed by atoms with Gasteiger partial charge in [-0.25, -0.2) is 8.78 Å². The zero-order valence-corrected chi connectivity index (χ0v) is 17.5. The van der Waals surface area contributed by atoms with Gasteiger partial charge in [-0.1, -0.05) is 12.8 Å². The van der Waals surface area contributed by atoms with Crippen LogP contribution in [0.4, 0.5) is 14.5 Å². The molecule has 2 aliphatic rings. The summed E-state index contributed by atoms with van der Waals surface area (Å²) < 4.78 is 26.1. The molecule has 2 fully saturated rings. The van der Waals surface area contributed by atoms with Crippen LogP contribution in [-0.4, -0.2) is 67.4 Å². The van der Waals surface area contributed by atoms with Gasteiger partial charge < -0.3 is 15.5 Å². The van der Waals surface area contributed by atoms with E-state index in [2.05, 4.69) is 20.4 Å². The zero-order valence-electron chi connectivity index (χ0n) is 17.5. The van der Waals surface area contributed by atoms with Crippen molar-refractivity contribution in [1.29, 1.82) is 0 Å². The number of halogens is 2. The third kappa shape index (κ3) is 7.32. The Kier molecular flexibility index (Phi) is 8.57. The summed E-state index contributed by atoms with van der Waals surface area (Å²) in [5, 5.41) is 5.03. The summed E-state index contributed by atoms with van der Waals surface area (Å²) >= 11 is 0. The number of amides is 2. The highest BCUT2D eigenvalue weighted by atomic mass is 19.2. The van der Waals surface area contributed by atoms with E-state index in [1.807, 2.05) is 0 Å². The van der Waals surface area contributed by atoms with Gasteiger partial charge in [-0.15, -0.1) is 0 Å². The molecule has 30 heavy (non-hydrogen) atoms. The zero-order chi connectivity index (χ0) is 21.3. The fourth-order valence-corrected chi connectivity index (χ4v) is 4.23. The van der Waals surface area contributed by atoms with E-state index in [-0.39, 0.29) is 24.7 Å². The van der Waals surface area contributed by atoms with Crippen molar-refractivity contribution in [2.24, 2.45) is 5.92 Å². The van der Waals surface area contributed by atoms with Crippen molar-refractivity contribution in [3.05, 3.63) is 29.8 Å². The highest BCUT2D eigenvalue weighted by molar-refractivity contribution is 5.94. The van der Waals surface area contributed by atoms with Crippen LogP contribution in [0.1, 0.15) is 38.5 Å². The molecule has 8 heteroatoms. The standard InChI is InChI=1S/C22H32F2N4O2/c23-19-6-5-18(13-20(19)24)26-21(29)14-25-22(30)16-28-11-7-17(8-12-28)15-27-9-3-1-2-4-10-27/h5-6,13,17H,1-4,7-12,14-16H2,(H,25,30)(H,26,29). The number of carbonyl (C=O) groups excluding carboxylic acids is 2. The molecule has 0 unspecified atom stereocenters. The predicted octanol–water partition coefficient (Wildman–Crippen LogP) is 2.61. The van der Waals surface area contributed by atoms with Crippen molar-refractivity contribution in [2.45, 2.75) is 38.5 Å². The first kappa shape index (κ1) is 22.6. The minimum atomic E-state index is -1.03. The maximum Gasteiger partial charge on any atom is 0.243 e. The Morgan fingerprint density at radius 3 is 2.27 bits per heavy atom. The Hall–Kier alpha value is -2.06. The van der Waals surface area contributed by atoms with Crippen molar-refractivity contribution in [1.82, 2.24) is 15.1 Å². The SMILES string of the molecule is O=C(CN1CCC(CN2CCCCCC2)CC1)NCC(=O)Nc1ccc(F)c(F)c1. The van der Waals surface area contributed by atoms with Gasteiger partial charge in [0, 0.05) is 18.3 Å². The fraction of sp³-hybridized carbons (Fsp3) is 0.636. The van der Waals surface area contributed by atoms with E-state index < -0.39 is 17.5 Å². The van der Waals surface area contributed by atoms with Crippen LogP contribution in [0.5, 0.6) is 0 Å². The van der Waals surface area contributed by atoms with Gasteiger partial charge in [0.2, 0.25) is 11.8 Å². The smallest absolute Gasteiger partial charge is 0.243 e. The van der Waals surface area contributed by atoms with Gasteiger partial charge in [-0.3, -0.25) is 14.5 Å². The summed E-state index contributed by atoms with van der Waals surface area (Å²) in [7, 11) is 0. The third-order valence-corrected chi connectivity index (χ3v) is 5.94. The second-order valence-electron chi connectivity index (χ2n) is 8.39. The van der Waals surface area contributed by atoms with Crippen LogP contribution in [0.25, 0.3) is 0 Å². The first-order valence-corrected chi connectivity index (χ1v) is 11.0. The summed E-state index contributed by atoms with van der Waals surface area (Å²) in [4.78, 5) is 28.8. The number of piperidine rings is 1. The van der Waals surface area contributed by atoms with E-state index in [4.69, 9.17) is 0 Å². The summed E-state index contributed by atoms with van der Waals surface area (Å²) in [6.07, 6.45) is 7.51. The molecule has 2 N–H and O–H groups in total. The lowest BCUT2D eigenvalue weighted by molar-refractivity contribution is -0.125. The van der Waals surface area contributed by atoms with Crippen LogP contribution >= 0.6 is 0 Å². The predicted molar refractivity (Wildman–Crippen MR) is 112 cm³/mol. The van der Waals surface area contributed by atoms with Gasteiger partial charge in [-0.05, 0) is 69.9 Å². The highest BCUT2D eigenvalue weighted by Crippen LogP contribution is 2.20. The Balaban J connectivity index is 1.31. The highest BCUT2D eigenvalue weighted by Gasteiger charge is 2.23. The van der Waals surface area contributed by atoms with Crippen molar-refractivity contribution >= 4 is 17.5 Å². The first-order valence-electron chi connectivity index (χ1n) is 11.0. The molecule has 2 saturated heterocycles. The molecule has 2 aliphatic heterocycles. The van der Waals surface area contributed by atoms with Crippen LogP contribution in [-0.2, 0) is 9.59 Å². The Bertz CT molecular complexity index is 715. The average Bonchev–Trinajstić information content (AvgIpc) is 2.99. The molecule has 0 aliphatic carbocycles. The number of hydrogen-bond acceptors (Lipinski definition) is 4. The van der Waals surface area contributed by atoms with Gasteiger partial charge in [0.05, 0.1) is 13.1 Å². The lowest BCUT2D eigenvalue weighted by Crippen LogP contribution is -2.44. The van der Waals surface area contributed by atoms with Gasteiger partial charge in [0.15, 0.2) is 11.6 Å². The average molecular weight is 423 g/mol. The lowest BCUT2D eigenvalue weighted by Gasteiger charge is -2.34. The van der Waals surface area contributed by atoms with Crippen LogP contribution in [0, 0.1) is 17.6 Å². The summed E-state index contributed by atoms with van der Waals surface area (Å²) in [6.45, 7) is 5.47. The molecule has 0 radical (unpaired) electrons. The summed E-state index contributed by atoms with van der Waals surface area (Å²) in [5.74, 6) is -2.00. The number of hydrogen-bond donors (Lipinski definition) is 2. The first-order chi connectivity index (χ1) is 14.5. The van der Waals surface area contributed by atoms with E-state index in [1.165, 1.54) is 51.4 Å². The van der Waals surface area contributed by atoms with Crippen molar-refractivity contribution < 1.29 is 18.4 Å². The molecule has 1 aromatic rings. The molecule has 2 amide bonds. The van der Waals surface area contributed by atoms with Gasteiger partial charge in [0.25, 0.3) is 0 Å². The van der Waals surface area contributed by atoms with E-state index in [1.54, 1.807) is 0 Å². The van der Waals surface area contributed by atoms with Gasteiger partial charge in [-0.2, -0.15) is 0 Å². The van der Waals surface area contributed by atoms with Crippen molar-refractivity contribution in [3.63, 3.8) is 0 Å². The van der Waals surface area contributed by atoms with E-state index in [0.29, 0.717) is 5.92 Å². The molecule has 3 rings (SSSR count). The van der Waals surface area contributed by atoms with Crippen LogP contribution in [0.15, 0.2) is 18.2 Å². The quantitative estimate of drug-likeness (QED) is 0.709. The second-order valence-corrected chi connectivity index (χ2v) is 8.39. The van der Waals surface area contributed by atoms with Gasteiger partial charge in [0.1, 0.15) is 0 Å². The molecule has 0 atom stereocenters. The number of anilines is 1. The molecule has 1 aromatic carbocycles. The molecule has 6 nitrogen and oxygen atoms in total. The molecule has 0 aromatic heterocycles. The Morgan fingerprint density at radius 1 is 0.900 bits per heavy atom. The maximum atomic E-state index is 13.2. The van der Waals surface area contributed by atoms with Crippen LogP contribution in [0.2, 0.25) is 0 Å². The lowest BCUT2D eigenvalue weighted by atomic mass is 9.96. The number of rotatable bonds is 7. The number of likely N-dealkylation sites (tertiary alicyclic amines) is 2. The molecule has 0 bridgehead atoms. The molecule has 2 heterocycles. The number of nitrogens with zero attached hydrogens (tertiary/aromatic N) is 2. The summed E-state index contributed by atoms with van der Waals surface area (Å²) in [6, 6.07) is 3.12. The minimum absolute atomic E-state index is 0.152. The van der Waals surface area contributed by atoms with E-state index >= 15 is 0 Å². The minimum Gasteiger partial charge on any atom is -0.346 e. The Labute approximate surface area is 177 Å². The topological polar surface area (TPSA) is 64.7 Å². The van der Waals surface area contributed by atoms with Crippen molar-refractivity contribution in [2.75, 3.05) is 51.1 Å². The van der Waals surface area contributed by atoms with Crippen molar-refractivity contribution in [3.8, 4) is 0 Å². The summed E-state index contributed by atoms with van der Waals surface area (Å²) in [5.41, 5.74) is 0.152. The largest absolute Gasteiger partial charge is 0.346 e.